The number of hydrogen-bond donors (Lipinski definition) is 3. The van der Waals surface area contributed by atoms with E-state index < -0.39 is 0 Å². The lowest BCUT2D eigenvalue weighted by molar-refractivity contribution is 0.577. The molecule has 0 atom stereocenters. The van der Waals surface area contributed by atoms with Crippen LogP contribution in [0.3, 0.4) is 0 Å². The summed E-state index contributed by atoms with van der Waals surface area (Å²) in [6.07, 6.45) is 4.70. The van der Waals surface area contributed by atoms with Crippen LogP contribution < -0.4 is 10.6 Å². The third-order valence-electron chi connectivity index (χ3n) is 5.04. The maximum atomic E-state index is 5.31. The average molecular weight is 443 g/mol. The Balaban J connectivity index is 1.27. The molecule has 0 bridgehead atoms. The fourth-order valence-electron chi connectivity index (χ4n) is 3.28. The number of H-pyrrole nitrogens is 1. The Bertz CT molecular complexity index is 945. The number of nitrogens with one attached hydrogen (secondary N) is 3. The van der Waals surface area contributed by atoms with Crippen LogP contribution in [0.15, 0.2) is 56.5 Å². The van der Waals surface area contributed by atoms with Gasteiger partial charge in [-0.05, 0) is 36.6 Å². The molecule has 0 aliphatic heterocycles. The predicted octanol–water partition coefficient (Wildman–Crippen LogP) is 3.27. The van der Waals surface area contributed by atoms with Gasteiger partial charge < -0.3 is 15.1 Å². The van der Waals surface area contributed by atoms with Gasteiger partial charge in [-0.1, -0.05) is 34.1 Å². The average Bonchev–Trinajstić information content (AvgIpc) is 3.10. The van der Waals surface area contributed by atoms with Crippen molar-refractivity contribution >= 4 is 21.9 Å². The van der Waals surface area contributed by atoms with E-state index in [1.165, 1.54) is 22.9 Å². The Morgan fingerprint density at radius 2 is 2.11 bits per heavy atom. The smallest absolute Gasteiger partial charge is 0.216 e. The maximum Gasteiger partial charge on any atom is 0.216 e. The molecule has 8 heteroatoms. The number of aromatic amines is 1. The van der Waals surface area contributed by atoms with Crippen molar-refractivity contribution < 1.29 is 4.42 Å². The molecule has 3 N–H and O–H groups in total. The lowest BCUT2D eigenvalue weighted by Crippen LogP contribution is -2.42. The molecule has 3 aromatic rings. The molecule has 7 nitrogen and oxygen atoms in total. The van der Waals surface area contributed by atoms with E-state index in [1.807, 2.05) is 12.1 Å². The Labute approximate surface area is 172 Å². The van der Waals surface area contributed by atoms with Crippen LogP contribution >= 0.6 is 15.9 Å². The second kappa shape index (κ2) is 8.18. The number of rotatable bonds is 7. The number of hydrogen-bond acceptors (Lipinski definition) is 4. The minimum Gasteiger partial charge on any atom is -0.461 e. The van der Waals surface area contributed by atoms with E-state index in [2.05, 4.69) is 71.0 Å². The molecule has 1 aromatic carbocycles. The van der Waals surface area contributed by atoms with Gasteiger partial charge in [-0.25, -0.2) is 4.98 Å². The fourth-order valence-corrected chi connectivity index (χ4v) is 3.98. The molecule has 2 heterocycles. The first-order chi connectivity index (χ1) is 13.7. The van der Waals surface area contributed by atoms with Crippen molar-refractivity contribution in [3.05, 3.63) is 58.5 Å². The number of aliphatic imine (C=N–C) groups is 1. The first-order valence-electron chi connectivity index (χ1n) is 9.35. The summed E-state index contributed by atoms with van der Waals surface area (Å²) in [6, 6.07) is 12.1. The van der Waals surface area contributed by atoms with E-state index in [-0.39, 0.29) is 5.41 Å². The third-order valence-corrected chi connectivity index (χ3v) is 5.74. The molecule has 0 radical (unpaired) electrons. The summed E-state index contributed by atoms with van der Waals surface area (Å²) >= 11 is 3.68. The maximum absolute atomic E-state index is 5.31. The first kappa shape index (κ1) is 18.7. The summed E-state index contributed by atoms with van der Waals surface area (Å²) in [5.41, 5.74) is 1.56. The molecule has 0 amide bonds. The SMILES string of the molecule is CN=C(NCCc1nc(-c2ccco2)n[nH]1)NCC1(c2ccccc2Br)CC1. The lowest BCUT2D eigenvalue weighted by Gasteiger charge is -2.20. The van der Waals surface area contributed by atoms with Crippen LogP contribution in [0.5, 0.6) is 0 Å². The number of nitrogens with zero attached hydrogens (tertiary/aromatic N) is 3. The van der Waals surface area contributed by atoms with E-state index in [0.29, 0.717) is 24.6 Å². The zero-order valence-corrected chi connectivity index (χ0v) is 17.3. The Hall–Kier alpha value is -2.61. The highest BCUT2D eigenvalue weighted by molar-refractivity contribution is 9.10. The summed E-state index contributed by atoms with van der Waals surface area (Å²) < 4.78 is 6.49. The molecule has 0 spiro atoms. The first-order valence-corrected chi connectivity index (χ1v) is 10.1. The van der Waals surface area contributed by atoms with E-state index in [9.17, 15) is 0 Å². The van der Waals surface area contributed by atoms with Crippen LogP contribution in [0.4, 0.5) is 0 Å². The summed E-state index contributed by atoms with van der Waals surface area (Å²) in [4.78, 5) is 8.79. The lowest BCUT2D eigenvalue weighted by atomic mass is 9.96. The standard InChI is InChI=1S/C20H23BrN6O/c1-22-19(24-13-20(9-10-20)14-5-2-3-6-15(14)21)23-11-8-17-25-18(27-26-17)16-7-4-12-28-16/h2-7,12H,8-11,13H2,1H3,(H2,22,23,24)(H,25,26,27). The van der Waals surface area contributed by atoms with E-state index in [4.69, 9.17) is 4.42 Å². The summed E-state index contributed by atoms with van der Waals surface area (Å²) in [5, 5.41) is 14.0. The largest absolute Gasteiger partial charge is 0.461 e. The molecule has 1 fully saturated rings. The van der Waals surface area contributed by atoms with Crippen LogP contribution in [-0.2, 0) is 11.8 Å². The number of furan rings is 1. The second-order valence-corrected chi connectivity index (χ2v) is 7.80. The van der Waals surface area contributed by atoms with Gasteiger partial charge in [0.15, 0.2) is 11.7 Å². The van der Waals surface area contributed by atoms with Gasteiger partial charge in [0.1, 0.15) is 5.82 Å². The van der Waals surface area contributed by atoms with E-state index >= 15 is 0 Å². The molecular weight excluding hydrogens is 420 g/mol. The van der Waals surface area contributed by atoms with E-state index in [1.54, 1.807) is 13.3 Å². The van der Waals surface area contributed by atoms with Crippen molar-refractivity contribution in [2.24, 2.45) is 4.99 Å². The van der Waals surface area contributed by atoms with Gasteiger partial charge in [0, 0.05) is 36.4 Å². The van der Waals surface area contributed by atoms with Crippen LogP contribution in [0.2, 0.25) is 0 Å². The zero-order chi connectivity index (χ0) is 19.4. The van der Waals surface area contributed by atoms with Gasteiger partial charge in [0.2, 0.25) is 5.82 Å². The highest BCUT2D eigenvalue weighted by Gasteiger charge is 2.45. The fraction of sp³-hybridized carbons (Fsp3) is 0.350. The van der Waals surface area contributed by atoms with Crippen molar-refractivity contribution in [1.82, 2.24) is 25.8 Å². The van der Waals surface area contributed by atoms with Gasteiger partial charge in [-0.15, -0.1) is 0 Å². The number of guanidine groups is 1. The quantitative estimate of drug-likeness (QED) is 0.385. The van der Waals surface area contributed by atoms with Crippen LogP contribution in [-0.4, -0.2) is 41.3 Å². The molecule has 0 saturated heterocycles. The van der Waals surface area contributed by atoms with Gasteiger partial charge >= 0.3 is 0 Å². The predicted molar refractivity (Wildman–Crippen MR) is 112 cm³/mol. The van der Waals surface area contributed by atoms with Gasteiger partial charge in [0.25, 0.3) is 0 Å². The Morgan fingerprint density at radius 3 is 2.82 bits per heavy atom. The van der Waals surface area contributed by atoms with Crippen LogP contribution in [0.25, 0.3) is 11.6 Å². The molecule has 1 saturated carbocycles. The van der Waals surface area contributed by atoms with Crippen molar-refractivity contribution in [2.45, 2.75) is 24.7 Å². The molecule has 2 aromatic heterocycles. The molecular formula is C20H23BrN6O. The molecule has 1 aliphatic carbocycles. The molecule has 0 unspecified atom stereocenters. The minimum atomic E-state index is 0.195. The number of halogens is 1. The van der Waals surface area contributed by atoms with Crippen LogP contribution in [0.1, 0.15) is 24.2 Å². The summed E-state index contributed by atoms with van der Waals surface area (Å²) in [6.45, 7) is 1.56. The van der Waals surface area contributed by atoms with Crippen LogP contribution in [0, 0.1) is 0 Å². The zero-order valence-electron chi connectivity index (χ0n) is 15.7. The van der Waals surface area contributed by atoms with E-state index in [0.717, 1.165) is 18.3 Å². The highest BCUT2D eigenvalue weighted by atomic mass is 79.9. The summed E-state index contributed by atoms with van der Waals surface area (Å²) in [7, 11) is 1.79. The summed E-state index contributed by atoms with van der Waals surface area (Å²) in [5.74, 6) is 2.84. The number of aromatic nitrogens is 3. The topological polar surface area (TPSA) is 91.1 Å². The van der Waals surface area contributed by atoms with Gasteiger partial charge in [-0.2, -0.15) is 5.10 Å². The Morgan fingerprint density at radius 1 is 1.25 bits per heavy atom. The van der Waals surface area contributed by atoms with Crippen molar-refractivity contribution in [3.8, 4) is 11.6 Å². The monoisotopic (exact) mass is 442 g/mol. The van der Waals surface area contributed by atoms with Gasteiger partial charge in [0.05, 0.1) is 6.26 Å². The highest BCUT2D eigenvalue weighted by Crippen LogP contribution is 2.49. The Kier molecular flexibility index (Phi) is 5.47. The van der Waals surface area contributed by atoms with Gasteiger partial charge in [-0.3, -0.25) is 10.1 Å². The van der Waals surface area contributed by atoms with Crippen molar-refractivity contribution in [3.63, 3.8) is 0 Å². The molecule has 4 rings (SSSR count). The third kappa shape index (κ3) is 4.11. The van der Waals surface area contributed by atoms with Crippen molar-refractivity contribution in [2.75, 3.05) is 20.1 Å². The minimum absolute atomic E-state index is 0.195. The number of benzene rings is 1. The molecule has 146 valence electrons. The van der Waals surface area contributed by atoms with Crippen molar-refractivity contribution in [1.29, 1.82) is 0 Å². The normalized spacial score (nSPS) is 15.4. The molecule has 1 aliphatic rings. The molecule has 28 heavy (non-hydrogen) atoms. The second-order valence-electron chi connectivity index (χ2n) is 6.95.